The predicted octanol–water partition coefficient (Wildman–Crippen LogP) is 4.49. The highest BCUT2D eigenvalue weighted by molar-refractivity contribution is 6.31. The highest BCUT2D eigenvalue weighted by Crippen LogP contribution is 2.24. The van der Waals surface area contributed by atoms with E-state index >= 15 is 0 Å². The number of anilines is 1. The molecule has 4 rings (SSSR count). The number of nitrogens with one attached hydrogen (secondary N) is 1. The second-order valence-corrected chi connectivity index (χ2v) is 7.80. The van der Waals surface area contributed by atoms with Crippen molar-refractivity contribution in [3.63, 3.8) is 0 Å². The van der Waals surface area contributed by atoms with Crippen LogP contribution in [-0.2, 0) is 13.6 Å². The van der Waals surface area contributed by atoms with Gasteiger partial charge in [-0.3, -0.25) is 4.90 Å². The number of aromatic nitrogens is 1. The zero-order valence-electron chi connectivity index (χ0n) is 16.3. The maximum Gasteiger partial charge on any atom is 0.321 e. The lowest BCUT2D eigenvalue weighted by atomic mass is 10.1. The van der Waals surface area contributed by atoms with Crippen molar-refractivity contribution in [3.8, 4) is 0 Å². The van der Waals surface area contributed by atoms with E-state index in [4.69, 9.17) is 11.6 Å². The van der Waals surface area contributed by atoms with E-state index in [2.05, 4.69) is 52.3 Å². The number of para-hydroxylation sites is 1. The SMILES string of the molecule is Cc1c(Cl)cccc1NC(=O)N1CCN(Cc2cn(C)c3ccccc23)CC1. The first kappa shape index (κ1) is 18.8. The Balaban J connectivity index is 1.36. The van der Waals surface area contributed by atoms with E-state index in [1.54, 1.807) is 0 Å². The summed E-state index contributed by atoms with van der Waals surface area (Å²) in [4.78, 5) is 16.9. The van der Waals surface area contributed by atoms with Crippen LogP contribution in [0.1, 0.15) is 11.1 Å². The molecule has 2 heterocycles. The van der Waals surface area contributed by atoms with E-state index in [0.29, 0.717) is 5.02 Å². The third-order valence-electron chi connectivity index (χ3n) is 5.54. The molecule has 5 nitrogen and oxygen atoms in total. The predicted molar refractivity (Wildman–Crippen MR) is 115 cm³/mol. The summed E-state index contributed by atoms with van der Waals surface area (Å²) in [5, 5.41) is 4.97. The molecule has 146 valence electrons. The number of carbonyl (C=O) groups excluding carboxylic acids is 1. The second kappa shape index (κ2) is 7.86. The molecular weight excluding hydrogens is 372 g/mol. The number of aryl methyl sites for hydroxylation is 1. The van der Waals surface area contributed by atoms with E-state index in [0.717, 1.165) is 44.0 Å². The van der Waals surface area contributed by atoms with Crippen LogP contribution in [-0.4, -0.2) is 46.6 Å². The van der Waals surface area contributed by atoms with Crippen molar-refractivity contribution in [3.05, 3.63) is 64.8 Å². The Morgan fingerprint density at radius 3 is 2.61 bits per heavy atom. The van der Waals surface area contributed by atoms with Gasteiger partial charge in [0.25, 0.3) is 0 Å². The van der Waals surface area contributed by atoms with Crippen LogP contribution in [0.15, 0.2) is 48.7 Å². The summed E-state index contributed by atoms with van der Waals surface area (Å²) in [6.45, 7) is 5.99. The number of urea groups is 1. The van der Waals surface area contributed by atoms with Crippen LogP contribution >= 0.6 is 11.6 Å². The van der Waals surface area contributed by atoms with Crippen LogP contribution < -0.4 is 5.32 Å². The molecule has 0 radical (unpaired) electrons. The van der Waals surface area contributed by atoms with Gasteiger partial charge in [0.05, 0.1) is 0 Å². The summed E-state index contributed by atoms with van der Waals surface area (Å²) in [5.74, 6) is 0. The quantitative estimate of drug-likeness (QED) is 0.708. The first-order valence-electron chi connectivity index (χ1n) is 9.59. The van der Waals surface area contributed by atoms with E-state index in [9.17, 15) is 4.79 Å². The lowest BCUT2D eigenvalue weighted by molar-refractivity contribution is 0.143. The maximum atomic E-state index is 12.6. The number of halogens is 1. The molecule has 2 aromatic carbocycles. The van der Waals surface area contributed by atoms with Crippen LogP contribution in [0.4, 0.5) is 10.5 Å². The number of nitrogens with zero attached hydrogens (tertiary/aromatic N) is 3. The number of hydrogen-bond acceptors (Lipinski definition) is 2. The fourth-order valence-electron chi connectivity index (χ4n) is 3.84. The van der Waals surface area contributed by atoms with Crippen molar-refractivity contribution in [1.82, 2.24) is 14.4 Å². The standard InChI is InChI=1S/C22H25ClN4O/c1-16-19(23)7-5-8-20(16)24-22(28)27-12-10-26(11-13-27)15-17-14-25(2)21-9-4-3-6-18(17)21/h3-9,14H,10-13,15H2,1-2H3,(H,24,28). The molecule has 28 heavy (non-hydrogen) atoms. The molecule has 0 bridgehead atoms. The molecule has 1 saturated heterocycles. The third kappa shape index (κ3) is 3.73. The summed E-state index contributed by atoms with van der Waals surface area (Å²) < 4.78 is 2.18. The Morgan fingerprint density at radius 2 is 1.82 bits per heavy atom. The number of benzene rings is 2. The third-order valence-corrected chi connectivity index (χ3v) is 5.95. The Labute approximate surface area is 170 Å². The minimum atomic E-state index is -0.0600. The smallest absolute Gasteiger partial charge is 0.321 e. The van der Waals surface area contributed by atoms with Gasteiger partial charge in [0, 0.05) is 67.6 Å². The van der Waals surface area contributed by atoms with Crippen LogP contribution in [0.2, 0.25) is 5.02 Å². The average molecular weight is 397 g/mol. The van der Waals surface area contributed by atoms with Gasteiger partial charge in [0.2, 0.25) is 0 Å². The zero-order valence-corrected chi connectivity index (χ0v) is 17.0. The fraction of sp³-hybridized carbons (Fsp3) is 0.318. The molecule has 1 N–H and O–H groups in total. The molecule has 0 atom stereocenters. The number of fused-ring (bicyclic) bond motifs is 1. The molecule has 3 aromatic rings. The van der Waals surface area contributed by atoms with Crippen LogP contribution in [0.5, 0.6) is 0 Å². The molecule has 2 amide bonds. The lowest BCUT2D eigenvalue weighted by Gasteiger charge is -2.34. The molecule has 1 fully saturated rings. The van der Waals surface area contributed by atoms with Crippen molar-refractivity contribution < 1.29 is 4.79 Å². The number of piperazine rings is 1. The van der Waals surface area contributed by atoms with Gasteiger partial charge in [-0.15, -0.1) is 0 Å². The van der Waals surface area contributed by atoms with E-state index in [1.165, 1.54) is 16.5 Å². The van der Waals surface area contributed by atoms with E-state index < -0.39 is 0 Å². The summed E-state index contributed by atoms with van der Waals surface area (Å²) in [6.07, 6.45) is 2.21. The molecule has 1 aliphatic heterocycles. The van der Waals surface area contributed by atoms with Crippen LogP contribution in [0.3, 0.4) is 0 Å². The zero-order chi connectivity index (χ0) is 19.7. The summed E-state index contributed by atoms with van der Waals surface area (Å²) in [7, 11) is 2.09. The van der Waals surface area contributed by atoms with E-state index in [-0.39, 0.29) is 6.03 Å². The monoisotopic (exact) mass is 396 g/mol. The number of rotatable bonds is 3. The summed E-state index contributed by atoms with van der Waals surface area (Å²) >= 11 is 6.15. The molecular formula is C22H25ClN4O. The number of amides is 2. The summed E-state index contributed by atoms with van der Waals surface area (Å²) in [5.41, 5.74) is 4.26. The molecule has 1 aliphatic rings. The topological polar surface area (TPSA) is 40.5 Å². The average Bonchev–Trinajstić information content (AvgIpc) is 3.02. The van der Waals surface area contributed by atoms with Gasteiger partial charge in [0.1, 0.15) is 0 Å². The van der Waals surface area contributed by atoms with Gasteiger partial charge < -0.3 is 14.8 Å². The summed E-state index contributed by atoms with van der Waals surface area (Å²) in [6, 6.07) is 14.0. The lowest BCUT2D eigenvalue weighted by Crippen LogP contribution is -2.49. The Morgan fingerprint density at radius 1 is 1.07 bits per heavy atom. The van der Waals surface area contributed by atoms with Gasteiger partial charge in [-0.05, 0) is 36.2 Å². The van der Waals surface area contributed by atoms with Gasteiger partial charge in [-0.2, -0.15) is 0 Å². The van der Waals surface area contributed by atoms with Crippen LogP contribution in [0.25, 0.3) is 10.9 Å². The Hall–Kier alpha value is -2.50. The van der Waals surface area contributed by atoms with Crippen molar-refractivity contribution in [2.45, 2.75) is 13.5 Å². The highest BCUT2D eigenvalue weighted by Gasteiger charge is 2.22. The molecule has 0 aliphatic carbocycles. The van der Waals surface area contributed by atoms with Crippen molar-refractivity contribution >= 4 is 34.2 Å². The van der Waals surface area contributed by atoms with Crippen molar-refractivity contribution in [1.29, 1.82) is 0 Å². The van der Waals surface area contributed by atoms with Crippen LogP contribution in [0, 0.1) is 6.92 Å². The fourth-order valence-corrected chi connectivity index (χ4v) is 4.01. The van der Waals surface area contributed by atoms with Gasteiger partial charge >= 0.3 is 6.03 Å². The normalized spacial score (nSPS) is 15.2. The molecule has 0 unspecified atom stereocenters. The largest absolute Gasteiger partial charge is 0.350 e. The molecule has 1 aromatic heterocycles. The highest BCUT2D eigenvalue weighted by atomic mass is 35.5. The minimum Gasteiger partial charge on any atom is -0.350 e. The molecule has 6 heteroatoms. The maximum absolute atomic E-state index is 12.6. The molecule has 0 saturated carbocycles. The van der Waals surface area contributed by atoms with Crippen molar-refractivity contribution in [2.75, 3.05) is 31.5 Å². The number of hydrogen-bond donors (Lipinski definition) is 1. The second-order valence-electron chi connectivity index (χ2n) is 7.39. The molecule has 0 spiro atoms. The van der Waals surface area contributed by atoms with E-state index in [1.807, 2.05) is 30.0 Å². The Kier molecular flexibility index (Phi) is 5.29. The Bertz CT molecular complexity index is 1000. The first-order chi connectivity index (χ1) is 13.5. The minimum absolute atomic E-state index is 0.0600. The van der Waals surface area contributed by atoms with Gasteiger partial charge in [-0.25, -0.2) is 4.79 Å². The van der Waals surface area contributed by atoms with Crippen molar-refractivity contribution in [2.24, 2.45) is 7.05 Å². The number of carbonyl (C=O) groups is 1. The first-order valence-corrected chi connectivity index (χ1v) is 9.97. The van der Waals surface area contributed by atoms with Gasteiger partial charge in [0.15, 0.2) is 0 Å². The van der Waals surface area contributed by atoms with Gasteiger partial charge in [-0.1, -0.05) is 35.9 Å².